The van der Waals surface area contributed by atoms with Gasteiger partial charge in [-0.25, -0.2) is 9.98 Å². The molecule has 0 amide bonds. The summed E-state index contributed by atoms with van der Waals surface area (Å²) in [6, 6.07) is 10.4. The van der Waals surface area contributed by atoms with Crippen molar-refractivity contribution in [2.75, 3.05) is 31.6 Å². The number of hydrogen-bond acceptors (Lipinski definition) is 4. The molecular formula is C22H32IN5O. The molecule has 7 heteroatoms. The molecule has 1 aromatic carbocycles. The highest BCUT2D eigenvalue weighted by atomic mass is 127. The summed E-state index contributed by atoms with van der Waals surface area (Å²) in [7, 11) is 1.71. The topological polar surface area (TPSA) is 61.8 Å². The van der Waals surface area contributed by atoms with E-state index in [0.717, 1.165) is 42.7 Å². The molecule has 1 fully saturated rings. The van der Waals surface area contributed by atoms with E-state index in [1.807, 2.05) is 12.3 Å². The maximum Gasteiger partial charge on any atom is 0.191 e. The Morgan fingerprint density at radius 2 is 1.97 bits per heavy atom. The second-order valence-corrected chi connectivity index (χ2v) is 7.08. The number of hydrogen-bond donors (Lipinski definition) is 2. The average molecular weight is 509 g/mol. The molecule has 0 radical (unpaired) electrons. The number of anilines is 1. The molecule has 0 saturated carbocycles. The van der Waals surface area contributed by atoms with Gasteiger partial charge in [0.2, 0.25) is 0 Å². The van der Waals surface area contributed by atoms with Crippen molar-refractivity contribution in [2.24, 2.45) is 4.99 Å². The normalized spacial score (nSPS) is 13.8. The second kappa shape index (κ2) is 11.8. The Balaban J connectivity index is 0.00000300. The van der Waals surface area contributed by atoms with E-state index in [0.29, 0.717) is 13.1 Å². The Morgan fingerprint density at radius 1 is 1.17 bits per heavy atom. The largest absolute Gasteiger partial charge is 0.496 e. The molecule has 29 heavy (non-hydrogen) atoms. The first kappa shape index (κ1) is 23.3. The molecule has 1 aliphatic rings. The molecule has 0 unspecified atom stereocenters. The van der Waals surface area contributed by atoms with Crippen LogP contribution in [-0.4, -0.2) is 37.7 Å². The number of aromatic nitrogens is 1. The van der Waals surface area contributed by atoms with Gasteiger partial charge in [0, 0.05) is 37.9 Å². The number of halogens is 1. The molecule has 2 N–H and O–H groups in total. The van der Waals surface area contributed by atoms with Crippen LogP contribution in [0.15, 0.2) is 41.5 Å². The minimum absolute atomic E-state index is 0. The third-order valence-corrected chi connectivity index (χ3v) is 4.89. The third kappa shape index (κ3) is 6.76. The number of guanidine groups is 1. The molecule has 0 bridgehead atoms. The van der Waals surface area contributed by atoms with Crippen LogP contribution in [-0.2, 0) is 13.1 Å². The van der Waals surface area contributed by atoms with Gasteiger partial charge in [0.1, 0.15) is 11.6 Å². The SMILES string of the molecule is CCNC(=NCc1ccnc(N2CCCC2)c1)NCc1ccc(C)cc1OC.I. The molecule has 0 spiro atoms. The zero-order valence-electron chi connectivity index (χ0n) is 17.6. The number of nitrogens with zero attached hydrogens (tertiary/aromatic N) is 3. The second-order valence-electron chi connectivity index (χ2n) is 7.08. The zero-order chi connectivity index (χ0) is 19.8. The summed E-state index contributed by atoms with van der Waals surface area (Å²) < 4.78 is 5.50. The van der Waals surface area contributed by atoms with Crippen LogP contribution in [0.25, 0.3) is 0 Å². The minimum atomic E-state index is 0. The Kier molecular flexibility index (Phi) is 9.50. The predicted octanol–water partition coefficient (Wildman–Crippen LogP) is 3.87. The molecular weight excluding hydrogens is 477 g/mol. The van der Waals surface area contributed by atoms with Crippen molar-refractivity contribution in [1.82, 2.24) is 15.6 Å². The molecule has 158 valence electrons. The van der Waals surface area contributed by atoms with E-state index in [2.05, 4.69) is 58.6 Å². The van der Waals surface area contributed by atoms with Crippen LogP contribution in [0, 0.1) is 6.92 Å². The van der Waals surface area contributed by atoms with E-state index in [1.165, 1.54) is 24.0 Å². The molecule has 6 nitrogen and oxygen atoms in total. The maximum atomic E-state index is 5.50. The summed E-state index contributed by atoms with van der Waals surface area (Å²) >= 11 is 0. The third-order valence-electron chi connectivity index (χ3n) is 4.89. The highest BCUT2D eigenvalue weighted by Crippen LogP contribution is 2.20. The van der Waals surface area contributed by atoms with E-state index >= 15 is 0 Å². The lowest BCUT2D eigenvalue weighted by atomic mass is 10.1. The highest BCUT2D eigenvalue weighted by molar-refractivity contribution is 14.0. The summed E-state index contributed by atoms with van der Waals surface area (Å²) in [6.07, 6.45) is 4.39. The van der Waals surface area contributed by atoms with Gasteiger partial charge in [-0.15, -0.1) is 24.0 Å². The lowest BCUT2D eigenvalue weighted by molar-refractivity contribution is 0.408. The fourth-order valence-corrected chi connectivity index (χ4v) is 3.37. The standard InChI is InChI=1S/C22H31N5O.HI/c1-4-23-22(26-16-19-8-7-17(2)13-20(19)28-3)25-15-18-9-10-24-21(14-18)27-11-5-6-12-27;/h7-10,13-14H,4-6,11-12,15-16H2,1-3H3,(H2,23,25,26);1H. The first-order valence-corrected chi connectivity index (χ1v) is 10.0. The summed E-state index contributed by atoms with van der Waals surface area (Å²) in [4.78, 5) is 11.6. The number of methoxy groups -OCH3 is 1. The van der Waals surface area contributed by atoms with E-state index in [4.69, 9.17) is 9.73 Å². The fourth-order valence-electron chi connectivity index (χ4n) is 3.37. The maximum absolute atomic E-state index is 5.50. The van der Waals surface area contributed by atoms with Crippen molar-refractivity contribution in [3.63, 3.8) is 0 Å². The molecule has 1 aliphatic heterocycles. The molecule has 1 aromatic heterocycles. The van der Waals surface area contributed by atoms with E-state index < -0.39 is 0 Å². The van der Waals surface area contributed by atoms with Gasteiger partial charge in [-0.3, -0.25) is 0 Å². The van der Waals surface area contributed by atoms with Crippen LogP contribution in [0.1, 0.15) is 36.5 Å². The monoisotopic (exact) mass is 509 g/mol. The first-order chi connectivity index (χ1) is 13.7. The Morgan fingerprint density at radius 3 is 2.69 bits per heavy atom. The van der Waals surface area contributed by atoms with Gasteiger partial charge in [-0.2, -0.15) is 0 Å². The van der Waals surface area contributed by atoms with Gasteiger partial charge >= 0.3 is 0 Å². The predicted molar refractivity (Wildman–Crippen MR) is 130 cm³/mol. The Hall–Kier alpha value is -2.03. The number of benzene rings is 1. The quantitative estimate of drug-likeness (QED) is 0.337. The van der Waals surface area contributed by atoms with Crippen molar-refractivity contribution in [2.45, 2.75) is 39.8 Å². The summed E-state index contributed by atoms with van der Waals surface area (Å²) in [6.45, 7) is 8.42. The molecule has 0 aliphatic carbocycles. The van der Waals surface area contributed by atoms with Crippen LogP contribution < -0.4 is 20.3 Å². The first-order valence-electron chi connectivity index (χ1n) is 10.0. The number of aliphatic imine (C=N–C) groups is 1. The van der Waals surface area contributed by atoms with Crippen molar-refractivity contribution in [3.05, 3.63) is 53.2 Å². The Labute approximate surface area is 191 Å². The molecule has 3 rings (SSSR count). The summed E-state index contributed by atoms with van der Waals surface area (Å²) in [5.41, 5.74) is 3.47. The van der Waals surface area contributed by atoms with Gasteiger partial charge in [0.15, 0.2) is 5.96 Å². The van der Waals surface area contributed by atoms with Gasteiger partial charge in [-0.05, 0) is 56.0 Å². The highest BCUT2D eigenvalue weighted by Gasteiger charge is 2.13. The fraction of sp³-hybridized carbons (Fsp3) is 0.455. The van der Waals surface area contributed by atoms with Crippen LogP contribution in [0.3, 0.4) is 0 Å². The Bertz CT molecular complexity index is 806. The molecule has 0 atom stereocenters. The molecule has 2 aromatic rings. The smallest absolute Gasteiger partial charge is 0.191 e. The van der Waals surface area contributed by atoms with Crippen LogP contribution in [0.4, 0.5) is 5.82 Å². The van der Waals surface area contributed by atoms with E-state index in [9.17, 15) is 0 Å². The number of rotatable bonds is 7. The van der Waals surface area contributed by atoms with Gasteiger partial charge in [0.25, 0.3) is 0 Å². The van der Waals surface area contributed by atoms with Crippen molar-refractivity contribution < 1.29 is 4.74 Å². The number of ether oxygens (including phenoxy) is 1. The lowest BCUT2D eigenvalue weighted by Gasteiger charge is -2.17. The van der Waals surface area contributed by atoms with E-state index in [1.54, 1.807) is 7.11 Å². The van der Waals surface area contributed by atoms with Crippen molar-refractivity contribution in [3.8, 4) is 5.75 Å². The molecule has 2 heterocycles. The van der Waals surface area contributed by atoms with Gasteiger partial charge in [0.05, 0.1) is 13.7 Å². The molecule has 1 saturated heterocycles. The minimum Gasteiger partial charge on any atom is -0.496 e. The van der Waals surface area contributed by atoms with Crippen molar-refractivity contribution >= 4 is 35.8 Å². The number of pyridine rings is 1. The van der Waals surface area contributed by atoms with Crippen molar-refractivity contribution in [1.29, 1.82) is 0 Å². The average Bonchev–Trinajstić information content (AvgIpc) is 3.26. The van der Waals surface area contributed by atoms with Gasteiger partial charge < -0.3 is 20.3 Å². The van der Waals surface area contributed by atoms with Crippen LogP contribution in [0.2, 0.25) is 0 Å². The van der Waals surface area contributed by atoms with Crippen LogP contribution in [0.5, 0.6) is 5.75 Å². The zero-order valence-corrected chi connectivity index (χ0v) is 19.9. The summed E-state index contributed by atoms with van der Waals surface area (Å²) in [5, 5.41) is 6.72. The number of aryl methyl sites for hydroxylation is 1. The van der Waals surface area contributed by atoms with Crippen LogP contribution >= 0.6 is 24.0 Å². The summed E-state index contributed by atoms with van der Waals surface area (Å²) in [5.74, 6) is 2.75. The lowest BCUT2D eigenvalue weighted by Crippen LogP contribution is -2.36. The van der Waals surface area contributed by atoms with Gasteiger partial charge in [-0.1, -0.05) is 12.1 Å². The van der Waals surface area contributed by atoms with E-state index in [-0.39, 0.29) is 24.0 Å². The number of nitrogens with one attached hydrogen (secondary N) is 2.